The van der Waals surface area contributed by atoms with Gasteiger partial charge in [0.2, 0.25) is 0 Å². The number of nitrogen functional groups attached to an aromatic ring is 1. The van der Waals surface area contributed by atoms with Gasteiger partial charge in [-0.3, -0.25) is 10.1 Å². The van der Waals surface area contributed by atoms with Crippen molar-refractivity contribution in [2.24, 2.45) is 0 Å². The highest BCUT2D eigenvalue weighted by molar-refractivity contribution is 5.61. The van der Waals surface area contributed by atoms with Crippen molar-refractivity contribution in [1.82, 2.24) is 4.90 Å². The summed E-state index contributed by atoms with van der Waals surface area (Å²) in [5.74, 6) is -0.786. The molecular formula is C14H20FN3O3. The second-order valence-corrected chi connectivity index (χ2v) is 5.20. The zero-order chi connectivity index (χ0) is 15.2. The molecule has 1 fully saturated rings. The van der Waals surface area contributed by atoms with Gasteiger partial charge in [0.05, 0.1) is 17.6 Å². The molecule has 116 valence electrons. The second kappa shape index (κ2) is 7.21. The van der Waals surface area contributed by atoms with E-state index in [1.54, 1.807) is 0 Å². The number of likely N-dealkylation sites (tertiary alicyclic amines) is 1. The molecule has 0 atom stereocenters. The molecule has 2 rings (SSSR count). The Balaban J connectivity index is 1.82. The third-order valence-corrected chi connectivity index (χ3v) is 3.60. The van der Waals surface area contributed by atoms with Gasteiger partial charge in [0, 0.05) is 12.6 Å². The highest BCUT2D eigenvalue weighted by Crippen LogP contribution is 2.29. The normalized spacial score (nSPS) is 15.9. The van der Waals surface area contributed by atoms with Gasteiger partial charge in [-0.25, -0.2) is 4.39 Å². The maximum atomic E-state index is 13.7. The molecule has 1 aromatic carbocycles. The lowest BCUT2D eigenvalue weighted by atomic mass is 10.1. The molecule has 0 bridgehead atoms. The Morgan fingerprint density at radius 3 is 2.71 bits per heavy atom. The summed E-state index contributed by atoms with van der Waals surface area (Å²) in [6.45, 7) is 3.51. The van der Waals surface area contributed by atoms with Crippen LogP contribution in [0.15, 0.2) is 12.1 Å². The first-order valence-electron chi connectivity index (χ1n) is 7.16. The number of rotatable bonds is 6. The number of halogens is 1. The zero-order valence-electron chi connectivity index (χ0n) is 11.9. The van der Waals surface area contributed by atoms with Crippen LogP contribution in [0.2, 0.25) is 0 Å². The third-order valence-electron chi connectivity index (χ3n) is 3.60. The molecule has 0 radical (unpaired) electrons. The Kier molecular flexibility index (Phi) is 5.32. The van der Waals surface area contributed by atoms with Gasteiger partial charge in [-0.05, 0) is 32.4 Å². The summed E-state index contributed by atoms with van der Waals surface area (Å²) in [6, 6.07) is 1.98. The number of benzene rings is 1. The lowest BCUT2D eigenvalue weighted by Crippen LogP contribution is -2.31. The number of nitrogens with zero attached hydrogens (tertiary/aromatic N) is 2. The molecule has 0 spiro atoms. The number of hydrogen-bond acceptors (Lipinski definition) is 5. The van der Waals surface area contributed by atoms with Gasteiger partial charge in [0.25, 0.3) is 5.69 Å². The zero-order valence-corrected chi connectivity index (χ0v) is 11.9. The van der Waals surface area contributed by atoms with Crippen molar-refractivity contribution in [3.8, 4) is 5.75 Å². The fourth-order valence-corrected chi connectivity index (χ4v) is 2.48. The minimum atomic E-state index is -0.756. The van der Waals surface area contributed by atoms with Gasteiger partial charge in [-0.15, -0.1) is 0 Å². The SMILES string of the molecule is Nc1cc(OCCCN2CCCCC2)c(F)cc1[N+](=O)[O-]. The predicted molar refractivity (Wildman–Crippen MR) is 77.9 cm³/mol. The molecule has 0 unspecified atom stereocenters. The summed E-state index contributed by atoms with van der Waals surface area (Å²) in [5, 5.41) is 10.6. The van der Waals surface area contributed by atoms with E-state index < -0.39 is 16.4 Å². The van der Waals surface area contributed by atoms with Crippen LogP contribution in [-0.4, -0.2) is 36.1 Å². The van der Waals surface area contributed by atoms with Crippen molar-refractivity contribution in [3.05, 3.63) is 28.1 Å². The fourth-order valence-electron chi connectivity index (χ4n) is 2.48. The summed E-state index contributed by atoms with van der Waals surface area (Å²) in [6.07, 6.45) is 4.54. The van der Waals surface area contributed by atoms with Gasteiger partial charge in [0.1, 0.15) is 5.69 Å². The Labute approximate surface area is 122 Å². The minimum Gasteiger partial charge on any atom is -0.490 e. The minimum absolute atomic E-state index is 0.0308. The largest absolute Gasteiger partial charge is 0.490 e. The second-order valence-electron chi connectivity index (χ2n) is 5.20. The molecule has 2 N–H and O–H groups in total. The molecule has 0 saturated carbocycles. The highest BCUT2D eigenvalue weighted by atomic mass is 19.1. The topological polar surface area (TPSA) is 81.6 Å². The van der Waals surface area contributed by atoms with Crippen molar-refractivity contribution in [2.45, 2.75) is 25.7 Å². The smallest absolute Gasteiger partial charge is 0.295 e. The maximum Gasteiger partial charge on any atom is 0.295 e. The number of anilines is 1. The van der Waals surface area contributed by atoms with Crippen LogP contribution in [0, 0.1) is 15.9 Å². The van der Waals surface area contributed by atoms with E-state index in [1.165, 1.54) is 25.3 Å². The van der Waals surface area contributed by atoms with Crippen molar-refractivity contribution in [1.29, 1.82) is 0 Å². The molecule has 21 heavy (non-hydrogen) atoms. The van der Waals surface area contributed by atoms with E-state index in [0.29, 0.717) is 6.61 Å². The molecule has 0 amide bonds. The predicted octanol–water partition coefficient (Wildman–Crippen LogP) is 2.57. The van der Waals surface area contributed by atoms with Crippen molar-refractivity contribution in [3.63, 3.8) is 0 Å². The summed E-state index contributed by atoms with van der Waals surface area (Å²) in [4.78, 5) is 12.3. The van der Waals surface area contributed by atoms with Gasteiger partial charge in [-0.1, -0.05) is 6.42 Å². The van der Waals surface area contributed by atoms with Crippen LogP contribution in [0.25, 0.3) is 0 Å². The van der Waals surface area contributed by atoms with E-state index in [9.17, 15) is 14.5 Å². The number of nitro groups is 1. The van der Waals surface area contributed by atoms with Gasteiger partial charge >= 0.3 is 0 Å². The number of nitro benzene ring substituents is 1. The van der Waals surface area contributed by atoms with Crippen LogP contribution in [0.3, 0.4) is 0 Å². The maximum absolute atomic E-state index is 13.7. The Hall–Kier alpha value is -1.89. The van der Waals surface area contributed by atoms with E-state index in [2.05, 4.69) is 4.90 Å². The van der Waals surface area contributed by atoms with Crippen molar-refractivity contribution >= 4 is 11.4 Å². The van der Waals surface area contributed by atoms with E-state index in [0.717, 1.165) is 32.1 Å². The van der Waals surface area contributed by atoms with E-state index in [-0.39, 0.29) is 11.4 Å². The molecule has 1 saturated heterocycles. The Bertz CT molecular complexity index is 504. The lowest BCUT2D eigenvalue weighted by Gasteiger charge is -2.26. The number of ether oxygens (including phenoxy) is 1. The van der Waals surface area contributed by atoms with Crippen LogP contribution >= 0.6 is 0 Å². The van der Waals surface area contributed by atoms with Crippen molar-refractivity contribution in [2.75, 3.05) is 32.0 Å². The molecule has 1 aromatic rings. The average molecular weight is 297 g/mol. The molecule has 6 nitrogen and oxygen atoms in total. The molecule has 1 aliphatic heterocycles. The summed E-state index contributed by atoms with van der Waals surface area (Å²) < 4.78 is 19.0. The first-order valence-corrected chi connectivity index (χ1v) is 7.16. The molecule has 1 aliphatic rings. The average Bonchev–Trinajstić information content (AvgIpc) is 2.47. The van der Waals surface area contributed by atoms with Crippen LogP contribution in [0.4, 0.5) is 15.8 Å². The number of hydrogen-bond donors (Lipinski definition) is 1. The first kappa shape index (κ1) is 15.5. The van der Waals surface area contributed by atoms with Gasteiger partial charge in [-0.2, -0.15) is 0 Å². The van der Waals surface area contributed by atoms with Gasteiger partial charge < -0.3 is 15.4 Å². The van der Waals surface area contributed by atoms with Gasteiger partial charge in [0.15, 0.2) is 11.6 Å². The Morgan fingerprint density at radius 1 is 1.33 bits per heavy atom. The first-order chi connectivity index (χ1) is 10.1. The van der Waals surface area contributed by atoms with E-state index in [4.69, 9.17) is 10.5 Å². The Morgan fingerprint density at radius 2 is 2.05 bits per heavy atom. The van der Waals surface area contributed by atoms with Crippen LogP contribution in [0.5, 0.6) is 5.75 Å². The number of piperidine rings is 1. The molecule has 7 heteroatoms. The molecule has 0 aromatic heterocycles. The lowest BCUT2D eigenvalue weighted by molar-refractivity contribution is -0.384. The quantitative estimate of drug-likeness (QED) is 0.378. The number of nitrogens with two attached hydrogens (primary N) is 1. The monoisotopic (exact) mass is 297 g/mol. The standard InChI is InChI=1S/C14H20FN3O3/c15-11-9-13(18(19)20)12(16)10-14(11)21-8-4-7-17-5-2-1-3-6-17/h9-10H,1-8,16H2. The van der Waals surface area contributed by atoms with E-state index >= 15 is 0 Å². The molecule has 0 aliphatic carbocycles. The molecule has 1 heterocycles. The summed E-state index contributed by atoms with van der Waals surface area (Å²) in [7, 11) is 0. The van der Waals surface area contributed by atoms with Crippen molar-refractivity contribution < 1.29 is 14.1 Å². The fraction of sp³-hybridized carbons (Fsp3) is 0.571. The van der Waals surface area contributed by atoms with Crippen LogP contribution < -0.4 is 10.5 Å². The summed E-state index contributed by atoms with van der Waals surface area (Å²) >= 11 is 0. The molecular weight excluding hydrogens is 277 g/mol. The highest BCUT2D eigenvalue weighted by Gasteiger charge is 2.17. The summed E-state index contributed by atoms with van der Waals surface area (Å²) in [5.41, 5.74) is 4.99. The van der Waals surface area contributed by atoms with Crippen LogP contribution in [-0.2, 0) is 0 Å². The van der Waals surface area contributed by atoms with Crippen LogP contribution in [0.1, 0.15) is 25.7 Å². The van der Waals surface area contributed by atoms with E-state index in [1.807, 2.05) is 0 Å². The third kappa shape index (κ3) is 4.29.